The maximum absolute atomic E-state index is 6.22. The van der Waals surface area contributed by atoms with Crippen LogP contribution in [0.1, 0.15) is 56.7 Å². The maximum Gasteiger partial charge on any atom is 0.161 e. The van der Waals surface area contributed by atoms with E-state index in [1.54, 1.807) is 21.3 Å². The highest BCUT2D eigenvalue weighted by molar-refractivity contribution is 6.16. The van der Waals surface area contributed by atoms with E-state index >= 15 is 0 Å². The predicted octanol–water partition coefficient (Wildman–Crippen LogP) is 6.00. The molecular formula is C27H39Cl2N3O4. The van der Waals surface area contributed by atoms with E-state index in [0.717, 1.165) is 59.9 Å². The third-order valence-corrected chi connectivity index (χ3v) is 6.40. The Labute approximate surface area is 227 Å². The lowest BCUT2D eigenvalue weighted by Gasteiger charge is -2.22. The zero-order valence-electron chi connectivity index (χ0n) is 22.3. The van der Waals surface area contributed by atoms with Crippen LogP contribution in [0.4, 0.5) is 0 Å². The molecule has 0 fully saturated rings. The van der Waals surface area contributed by atoms with Gasteiger partial charge in [0.25, 0.3) is 0 Å². The summed E-state index contributed by atoms with van der Waals surface area (Å²) >= 11 is 0. The van der Waals surface area contributed by atoms with Gasteiger partial charge in [-0.1, -0.05) is 20.8 Å². The van der Waals surface area contributed by atoms with E-state index in [4.69, 9.17) is 18.9 Å². The SMILES string of the molecule is CCC1C(C)=NN=C(c2ccc(OC)c(OC)c2)c2cc(OC)c(OCCN(CC)CC)cc21.Cl.Cl. The molecule has 36 heavy (non-hydrogen) atoms. The summed E-state index contributed by atoms with van der Waals surface area (Å²) in [6.45, 7) is 12.0. The number of rotatable bonds is 11. The highest BCUT2D eigenvalue weighted by Gasteiger charge is 2.26. The lowest BCUT2D eigenvalue weighted by molar-refractivity contribution is 0.217. The Bertz CT molecular complexity index is 1060. The maximum atomic E-state index is 6.22. The van der Waals surface area contributed by atoms with Crippen molar-refractivity contribution in [2.45, 2.75) is 40.0 Å². The molecule has 9 heteroatoms. The van der Waals surface area contributed by atoms with E-state index in [0.29, 0.717) is 23.9 Å². The van der Waals surface area contributed by atoms with Gasteiger partial charge in [-0.25, -0.2) is 0 Å². The first-order valence-electron chi connectivity index (χ1n) is 11.9. The van der Waals surface area contributed by atoms with E-state index in [-0.39, 0.29) is 30.7 Å². The number of fused-ring (bicyclic) bond motifs is 1. The molecule has 1 unspecified atom stereocenters. The van der Waals surface area contributed by atoms with E-state index in [9.17, 15) is 0 Å². The smallest absolute Gasteiger partial charge is 0.161 e. The second-order valence-corrected chi connectivity index (χ2v) is 8.19. The second-order valence-electron chi connectivity index (χ2n) is 8.19. The Morgan fingerprint density at radius 3 is 2.03 bits per heavy atom. The van der Waals surface area contributed by atoms with Crippen LogP contribution in [-0.4, -0.2) is 63.9 Å². The van der Waals surface area contributed by atoms with E-state index in [1.807, 2.05) is 31.2 Å². The van der Waals surface area contributed by atoms with Gasteiger partial charge in [0, 0.05) is 29.3 Å². The van der Waals surface area contributed by atoms with Gasteiger partial charge in [0.15, 0.2) is 23.0 Å². The van der Waals surface area contributed by atoms with Gasteiger partial charge in [0.1, 0.15) is 12.3 Å². The summed E-state index contributed by atoms with van der Waals surface area (Å²) in [6, 6.07) is 9.91. The third kappa shape index (κ3) is 6.84. The monoisotopic (exact) mass is 539 g/mol. The number of benzene rings is 2. The van der Waals surface area contributed by atoms with Crippen molar-refractivity contribution in [3.8, 4) is 23.0 Å². The number of halogens is 2. The summed E-state index contributed by atoms with van der Waals surface area (Å²) < 4.78 is 22.9. The zero-order valence-corrected chi connectivity index (χ0v) is 23.9. The number of methoxy groups -OCH3 is 3. The fourth-order valence-corrected chi connectivity index (χ4v) is 4.36. The van der Waals surface area contributed by atoms with Crippen molar-refractivity contribution in [3.63, 3.8) is 0 Å². The standard InChI is InChI=1S/C27H37N3O4.2ClH/c1-8-20-18(4)28-29-27(19-11-12-23(31-5)24(15-19)32-6)22-17-25(33-7)26(16-21(20)22)34-14-13-30(9-2)10-3;;/h11-12,15-17,20H,8-10,13-14H2,1-7H3;2*1H. The van der Waals surface area contributed by atoms with Crippen LogP contribution in [0.5, 0.6) is 23.0 Å². The molecule has 0 bridgehead atoms. The molecule has 2 aromatic rings. The molecule has 0 aromatic heterocycles. The normalized spacial score (nSPS) is 14.4. The molecule has 0 saturated carbocycles. The Morgan fingerprint density at radius 2 is 1.44 bits per heavy atom. The van der Waals surface area contributed by atoms with Crippen LogP contribution in [0.2, 0.25) is 0 Å². The molecule has 0 aliphatic carbocycles. The summed E-state index contributed by atoms with van der Waals surface area (Å²) in [6.07, 6.45) is 0.905. The molecule has 1 heterocycles. The highest BCUT2D eigenvalue weighted by atomic mass is 35.5. The largest absolute Gasteiger partial charge is 0.493 e. The van der Waals surface area contributed by atoms with E-state index in [1.165, 1.54) is 0 Å². The molecule has 0 amide bonds. The first-order chi connectivity index (χ1) is 16.5. The molecular weight excluding hydrogens is 501 g/mol. The Morgan fingerprint density at radius 1 is 0.806 bits per heavy atom. The van der Waals surface area contributed by atoms with Crippen molar-refractivity contribution < 1.29 is 18.9 Å². The summed E-state index contributed by atoms with van der Waals surface area (Å²) in [5.41, 5.74) is 4.74. The first-order valence-corrected chi connectivity index (χ1v) is 11.9. The third-order valence-electron chi connectivity index (χ3n) is 6.40. The van der Waals surface area contributed by atoms with Gasteiger partial charge in [0.05, 0.1) is 21.3 Å². The molecule has 0 N–H and O–H groups in total. The van der Waals surface area contributed by atoms with Crippen molar-refractivity contribution in [1.82, 2.24) is 4.90 Å². The quantitative estimate of drug-likeness (QED) is 0.350. The minimum atomic E-state index is 0. The molecule has 0 saturated heterocycles. The molecule has 2 aromatic carbocycles. The van der Waals surface area contributed by atoms with Gasteiger partial charge in [0.2, 0.25) is 0 Å². The van der Waals surface area contributed by atoms with Gasteiger partial charge >= 0.3 is 0 Å². The molecule has 0 spiro atoms. The van der Waals surface area contributed by atoms with Gasteiger partial charge < -0.3 is 23.8 Å². The van der Waals surface area contributed by atoms with Crippen molar-refractivity contribution in [3.05, 3.63) is 47.0 Å². The average molecular weight is 541 g/mol. The molecule has 7 nitrogen and oxygen atoms in total. The first kappa shape index (κ1) is 31.5. The summed E-state index contributed by atoms with van der Waals surface area (Å²) in [5, 5.41) is 9.25. The lowest BCUT2D eigenvalue weighted by Crippen LogP contribution is -2.28. The summed E-state index contributed by atoms with van der Waals surface area (Å²) in [4.78, 5) is 2.34. The van der Waals surface area contributed by atoms with Crippen LogP contribution in [0.15, 0.2) is 40.5 Å². The van der Waals surface area contributed by atoms with Gasteiger partial charge in [-0.2, -0.15) is 5.10 Å². The number of nitrogens with zero attached hydrogens (tertiary/aromatic N) is 3. The Balaban J connectivity index is 0.00000324. The van der Waals surface area contributed by atoms with Crippen molar-refractivity contribution in [2.24, 2.45) is 10.2 Å². The topological polar surface area (TPSA) is 64.9 Å². The van der Waals surface area contributed by atoms with Gasteiger partial charge in [-0.05, 0) is 62.3 Å². The summed E-state index contributed by atoms with van der Waals surface area (Å²) in [5.74, 6) is 2.87. The number of hydrogen-bond acceptors (Lipinski definition) is 7. The molecule has 1 aliphatic rings. The minimum absolute atomic E-state index is 0. The Kier molecular flexibility index (Phi) is 13.1. The fourth-order valence-electron chi connectivity index (χ4n) is 4.36. The van der Waals surface area contributed by atoms with Crippen LogP contribution in [0, 0.1) is 0 Å². The second kappa shape index (κ2) is 14.9. The van der Waals surface area contributed by atoms with E-state index in [2.05, 4.69) is 41.9 Å². The predicted molar refractivity (Wildman–Crippen MR) is 152 cm³/mol. The van der Waals surface area contributed by atoms with Gasteiger partial charge in [-0.15, -0.1) is 29.9 Å². The highest BCUT2D eigenvalue weighted by Crippen LogP contribution is 2.39. The Hall–Kier alpha value is -2.48. The van der Waals surface area contributed by atoms with E-state index < -0.39 is 0 Å². The molecule has 1 aliphatic heterocycles. The van der Waals surface area contributed by atoms with Crippen LogP contribution in [-0.2, 0) is 0 Å². The molecule has 3 rings (SSSR count). The van der Waals surface area contributed by atoms with Crippen LogP contribution >= 0.6 is 24.8 Å². The van der Waals surface area contributed by atoms with Crippen LogP contribution in [0.25, 0.3) is 0 Å². The van der Waals surface area contributed by atoms with Gasteiger partial charge in [-0.3, -0.25) is 0 Å². The molecule has 200 valence electrons. The van der Waals surface area contributed by atoms with Crippen LogP contribution in [0.3, 0.4) is 0 Å². The van der Waals surface area contributed by atoms with Crippen molar-refractivity contribution in [2.75, 3.05) is 47.6 Å². The number of hydrogen-bond donors (Lipinski definition) is 0. The van der Waals surface area contributed by atoms with Crippen molar-refractivity contribution >= 4 is 36.2 Å². The average Bonchev–Trinajstić information content (AvgIpc) is 3.00. The zero-order chi connectivity index (χ0) is 24.7. The summed E-state index contributed by atoms with van der Waals surface area (Å²) in [7, 11) is 4.93. The molecule has 1 atom stereocenters. The number of ether oxygens (including phenoxy) is 4. The molecule has 0 radical (unpaired) electrons. The number of likely N-dealkylation sites (N-methyl/N-ethyl adjacent to an activating group) is 1. The van der Waals surface area contributed by atoms with Crippen LogP contribution < -0.4 is 18.9 Å². The fraction of sp³-hybridized carbons (Fsp3) is 0.481. The minimum Gasteiger partial charge on any atom is -0.493 e. The lowest BCUT2D eigenvalue weighted by atomic mass is 9.85. The van der Waals surface area contributed by atoms with Crippen molar-refractivity contribution in [1.29, 1.82) is 0 Å².